The Morgan fingerprint density at radius 3 is 3.06 bits per heavy atom. The average molecular weight is 234 g/mol. The molecule has 0 atom stereocenters. The molecule has 0 radical (unpaired) electrons. The minimum Gasteiger partial charge on any atom is -0.465 e. The molecule has 0 bridgehead atoms. The summed E-state index contributed by atoms with van der Waals surface area (Å²) >= 11 is 0. The molecule has 2 rings (SSSR count). The first-order valence-electron chi connectivity index (χ1n) is 5.23. The van der Waals surface area contributed by atoms with Gasteiger partial charge in [0.15, 0.2) is 0 Å². The number of nitrogens with one attached hydrogen (secondary N) is 1. The number of hydrogen-bond donors (Lipinski definition) is 2. The highest BCUT2D eigenvalue weighted by Gasteiger charge is 2.02. The summed E-state index contributed by atoms with van der Waals surface area (Å²) in [6, 6.07) is 3.82. The van der Waals surface area contributed by atoms with Crippen molar-refractivity contribution in [2.45, 2.75) is 20.0 Å². The van der Waals surface area contributed by atoms with Crippen molar-refractivity contribution in [3.63, 3.8) is 0 Å². The lowest BCUT2D eigenvalue weighted by Gasteiger charge is -1.99. The fourth-order valence-corrected chi connectivity index (χ4v) is 1.47. The predicted molar refractivity (Wildman–Crippen MR) is 62.2 cm³/mol. The molecule has 2 heterocycles. The zero-order valence-electron chi connectivity index (χ0n) is 9.51. The molecule has 6 nitrogen and oxygen atoms in total. The lowest BCUT2D eigenvalue weighted by atomic mass is 10.4. The van der Waals surface area contributed by atoms with Gasteiger partial charge < -0.3 is 15.5 Å². The van der Waals surface area contributed by atoms with Crippen molar-refractivity contribution < 1.29 is 9.21 Å². The summed E-state index contributed by atoms with van der Waals surface area (Å²) in [7, 11) is 0. The number of carbonyl (C=O) groups excluding carboxylic acids is 1. The molecule has 17 heavy (non-hydrogen) atoms. The number of aryl methyl sites for hydroxylation is 1. The Morgan fingerprint density at radius 1 is 1.59 bits per heavy atom. The van der Waals surface area contributed by atoms with Crippen molar-refractivity contribution in [3.05, 3.63) is 36.0 Å². The van der Waals surface area contributed by atoms with E-state index in [4.69, 9.17) is 10.2 Å². The molecule has 0 saturated carbocycles. The molecule has 0 spiro atoms. The van der Waals surface area contributed by atoms with E-state index in [1.165, 1.54) is 4.68 Å². The second kappa shape index (κ2) is 4.73. The van der Waals surface area contributed by atoms with Gasteiger partial charge in [0, 0.05) is 6.20 Å². The third kappa shape index (κ3) is 3.10. The van der Waals surface area contributed by atoms with Gasteiger partial charge in [-0.25, -0.2) is 0 Å². The van der Waals surface area contributed by atoms with Crippen LogP contribution in [0.5, 0.6) is 0 Å². The molecule has 0 aliphatic carbocycles. The maximum absolute atomic E-state index is 10.7. The molecule has 0 aliphatic rings. The molecule has 2 aromatic rings. The van der Waals surface area contributed by atoms with E-state index >= 15 is 0 Å². The van der Waals surface area contributed by atoms with Gasteiger partial charge in [0.25, 0.3) is 0 Å². The maximum Gasteiger partial charge on any atom is 0.239 e. The molecule has 90 valence electrons. The molecule has 0 saturated heterocycles. The minimum absolute atomic E-state index is 0.0849. The number of hydrogen-bond acceptors (Lipinski definition) is 4. The van der Waals surface area contributed by atoms with Crippen molar-refractivity contribution in [3.8, 4) is 0 Å². The van der Waals surface area contributed by atoms with Gasteiger partial charge in [0.05, 0.1) is 18.4 Å². The van der Waals surface area contributed by atoms with Gasteiger partial charge in [-0.2, -0.15) is 5.10 Å². The second-order valence-electron chi connectivity index (χ2n) is 3.76. The summed E-state index contributed by atoms with van der Waals surface area (Å²) < 4.78 is 6.90. The third-order valence-electron chi connectivity index (χ3n) is 2.21. The number of nitrogens with zero attached hydrogens (tertiary/aromatic N) is 2. The summed E-state index contributed by atoms with van der Waals surface area (Å²) in [5.41, 5.74) is 5.89. The standard InChI is InChI=1S/C11H14N4O2/c1-8-2-3-10(17-8)5-13-9-4-14-15(6-9)7-11(12)16/h2-4,6,13H,5,7H2,1H3,(H2,12,16). The molecule has 0 fully saturated rings. The van der Waals surface area contributed by atoms with Crippen LogP contribution < -0.4 is 11.1 Å². The van der Waals surface area contributed by atoms with Crippen molar-refractivity contribution in [1.29, 1.82) is 0 Å². The van der Waals surface area contributed by atoms with Crippen LogP contribution in [0.15, 0.2) is 28.9 Å². The highest BCUT2D eigenvalue weighted by Crippen LogP contribution is 2.10. The molecule has 3 N–H and O–H groups in total. The van der Waals surface area contributed by atoms with Crippen LogP contribution in [-0.2, 0) is 17.9 Å². The third-order valence-corrected chi connectivity index (χ3v) is 2.21. The van der Waals surface area contributed by atoms with E-state index in [0.29, 0.717) is 6.54 Å². The summed E-state index contributed by atoms with van der Waals surface area (Å²) in [6.07, 6.45) is 3.36. The number of anilines is 1. The topological polar surface area (TPSA) is 86.1 Å². The van der Waals surface area contributed by atoms with Crippen LogP contribution in [0, 0.1) is 6.92 Å². The van der Waals surface area contributed by atoms with Gasteiger partial charge in [-0.05, 0) is 19.1 Å². The Hall–Kier alpha value is -2.24. The number of primary amides is 1. The maximum atomic E-state index is 10.7. The summed E-state index contributed by atoms with van der Waals surface area (Å²) in [4.78, 5) is 10.7. The lowest BCUT2D eigenvalue weighted by molar-refractivity contribution is -0.118. The molecular formula is C11H14N4O2. The van der Waals surface area contributed by atoms with Crippen LogP contribution in [-0.4, -0.2) is 15.7 Å². The Labute approximate surface area is 98.4 Å². The van der Waals surface area contributed by atoms with Crippen molar-refractivity contribution >= 4 is 11.6 Å². The van der Waals surface area contributed by atoms with Gasteiger partial charge >= 0.3 is 0 Å². The highest BCUT2D eigenvalue weighted by molar-refractivity contribution is 5.73. The minimum atomic E-state index is -0.415. The smallest absolute Gasteiger partial charge is 0.239 e. The quantitative estimate of drug-likeness (QED) is 0.804. The molecular weight excluding hydrogens is 220 g/mol. The monoisotopic (exact) mass is 234 g/mol. The Kier molecular flexibility index (Phi) is 3.13. The normalized spacial score (nSPS) is 10.4. The highest BCUT2D eigenvalue weighted by atomic mass is 16.3. The molecule has 1 amide bonds. The first-order valence-corrected chi connectivity index (χ1v) is 5.23. The number of furan rings is 1. The summed E-state index contributed by atoms with van der Waals surface area (Å²) in [5, 5.41) is 7.14. The van der Waals surface area contributed by atoms with E-state index < -0.39 is 5.91 Å². The van der Waals surface area contributed by atoms with Gasteiger partial charge in [-0.3, -0.25) is 9.48 Å². The first-order chi connectivity index (χ1) is 8.13. The fourth-order valence-electron chi connectivity index (χ4n) is 1.47. The van der Waals surface area contributed by atoms with Crippen LogP contribution >= 0.6 is 0 Å². The summed E-state index contributed by atoms with van der Waals surface area (Å²) in [5.74, 6) is 1.32. The van der Waals surface area contributed by atoms with Crippen LogP contribution in [0.4, 0.5) is 5.69 Å². The number of amides is 1. The van der Waals surface area contributed by atoms with Gasteiger partial charge in [0.2, 0.25) is 5.91 Å². The zero-order valence-corrected chi connectivity index (χ0v) is 9.51. The van der Waals surface area contributed by atoms with Crippen LogP contribution in [0.2, 0.25) is 0 Å². The van der Waals surface area contributed by atoms with Crippen LogP contribution in [0.1, 0.15) is 11.5 Å². The SMILES string of the molecule is Cc1ccc(CNc2cnn(CC(N)=O)c2)o1. The van der Waals surface area contributed by atoms with E-state index in [2.05, 4.69) is 10.4 Å². The molecule has 0 unspecified atom stereocenters. The van der Waals surface area contributed by atoms with Gasteiger partial charge in [-0.1, -0.05) is 0 Å². The van der Waals surface area contributed by atoms with Crippen LogP contribution in [0.25, 0.3) is 0 Å². The van der Waals surface area contributed by atoms with Crippen LogP contribution in [0.3, 0.4) is 0 Å². The zero-order chi connectivity index (χ0) is 12.3. The van der Waals surface area contributed by atoms with Crippen molar-refractivity contribution in [1.82, 2.24) is 9.78 Å². The van der Waals surface area contributed by atoms with E-state index in [1.54, 1.807) is 12.4 Å². The van der Waals surface area contributed by atoms with E-state index in [1.807, 2.05) is 19.1 Å². The molecule has 2 aromatic heterocycles. The largest absolute Gasteiger partial charge is 0.465 e. The number of rotatable bonds is 5. The van der Waals surface area contributed by atoms with Crippen molar-refractivity contribution in [2.24, 2.45) is 5.73 Å². The summed E-state index contributed by atoms with van der Waals surface area (Å²) in [6.45, 7) is 2.56. The van der Waals surface area contributed by atoms with Gasteiger partial charge in [-0.15, -0.1) is 0 Å². The second-order valence-corrected chi connectivity index (χ2v) is 3.76. The molecule has 0 aromatic carbocycles. The lowest BCUT2D eigenvalue weighted by Crippen LogP contribution is -2.18. The average Bonchev–Trinajstić information content (AvgIpc) is 2.84. The Balaban J connectivity index is 1.91. The van der Waals surface area contributed by atoms with E-state index in [0.717, 1.165) is 17.2 Å². The van der Waals surface area contributed by atoms with Crippen molar-refractivity contribution in [2.75, 3.05) is 5.32 Å². The predicted octanol–water partition coefficient (Wildman–Crippen LogP) is 0.882. The molecule has 0 aliphatic heterocycles. The number of carbonyl (C=O) groups is 1. The molecule has 6 heteroatoms. The fraction of sp³-hybridized carbons (Fsp3) is 0.273. The Morgan fingerprint density at radius 2 is 2.41 bits per heavy atom. The van der Waals surface area contributed by atoms with E-state index in [-0.39, 0.29) is 6.54 Å². The number of aromatic nitrogens is 2. The van der Waals surface area contributed by atoms with E-state index in [9.17, 15) is 4.79 Å². The Bertz CT molecular complexity index is 515. The van der Waals surface area contributed by atoms with Gasteiger partial charge in [0.1, 0.15) is 18.1 Å². The first kappa shape index (κ1) is 11.3. The number of nitrogens with two attached hydrogens (primary N) is 1.